The van der Waals surface area contributed by atoms with Crippen molar-refractivity contribution in [2.45, 2.75) is 58.0 Å². The van der Waals surface area contributed by atoms with Gasteiger partial charge in [0, 0.05) is 6.04 Å². The van der Waals surface area contributed by atoms with E-state index in [4.69, 9.17) is 0 Å². The number of hydrogen-bond donors (Lipinski definition) is 2. The Balaban J connectivity index is 1.54. The van der Waals surface area contributed by atoms with Crippen molar-refractivity contribution in [3.05, 3.63) is 0 Å². The van der Waals surface area contributed by atoms with Crippen molar-refractivity contribution in [1.29, 1.82) is 0 Å². The molecule has 0 aromatic rings. The highest BCUT2D eigenvalue weighted by molar-refractivity contribution is 6.08. The second-order valence-corrected chi connectivity index (χ2v) is 7.64. The molecule has 2 saturated carbocycles. The summed E-state index contributed by atoms with van der Waals surface area (Å²) in [7, 11) is 0. The van der Waals surface area contributed by atoms with Gasteiger partial charge in [0.2, 0.25) is 5.91 Å². The number of imide groups is 1. The lowest BCUT2D eigenvalue weighted by atomic mass is 9.84. The van der Waals surface area contributed by atoms with Crippen LogP contribution in [0.2, 0.25) is 0 Å². The maximum absolute atomic E-state index is 12.2. The molecule has 2 aliphatic carbocycles. The Hall–Kier alpha value is -1.59. The average Bonchev–Trinajstić information content (AvgIpc) is 3.09. The van der Waals surface area contributed by atoms with Crippen LogP contribution in [0.4, 0.5) is 4.79 Å². The summed E-state index contributed by atoms with van der Waals surface area (Å²) < 4.78 is 0. The van der Waals surface area contributed by atoms with Crippen molar-refractivity contribution in [2.24, 2.45) is 17.8 Å². The molecule has 0 spiro atoms. The standard InChI is InChI=1S/C16H25N3O3/c1-9(12-7-10-4-5-11(12)6-10)17-13(20)8-19-14(21)16(2,3)18-15(19)22/h9-12H,4-8H2,1-3H3,(H,17,20)(H,18,22). The summed E-state index contributed by atoms with van der Waals surface area (Å²) in [5.41, 5.74) is -0.923. The van der Waals surface area contributed by atoms with Crippen LogP contribution in [-0.2, 0) is 9.59 Å². The van der Waals surface area contributed by atoms with E-state index >= 15 is 0 Å². The minimum absolute atomic E-state index is 0.108. The SMILES string of the molecule is CC(NC(=O)CN1C(=O)NC(C)(C)C1=O)C1CC2CCC1C2. The lowest BCUT2D eigenvalue weighted by molar-refractivity contribution is -0.134. The largest absolute Gasteiger partial charge is 0.352 e. The summed E-state index contributed by atoms with van der Waals surface area (Å²) in [5, 5.41) is 5.58. The molecule has 1 heterocycles. The van der Waals surface area contributed by atoms with Crippen LogP contribution >= 0.6 is 0 Å². The molecule has 1 aliphatic heterocycles. The second-order valence-electron chi connectivity index (χ2n) is 7.64. The van der Waals surface area contributed by atoms with Crippen molar-refractivity contribution in [1.82, 2.24) is 15.5 Å². The summed E-state index contributed by atoms with van der Waals surface area (Å²) in [5.74, 6) is 1.51. The number of nitrogens with zero attached hydrogens (tertiary/aromatic N) is 1. The Morgan fingerprint density at radius 2 is 2.09 bits per heavy atom. The number of hydrogen-bond acceptors (Lipinski definition) is 3. The van der Waals surface area contributed by atoms with Crippen molar-refractivity contribution in [2.75, 3.05) is 6.54 Å². The molecule has 0 radical (unpaired) electrons. The predicted molar refractivity (Wildman–Crippen MR) is 80.9 cm³/mol. The normalized spacial score (nSPS) is 34.0. The fraction of sp³-hybridized carbons (Fsp3) is 0.812. The summed E-state index contributed by atoms with van der Waals surface area (Å²) in [6, 6.07) is -0.380. The number of carbonyl (C=O) groups is 3. The van der Waals surface area contributed by atoms with Gasteiger partial charge in [0.25, 0.3) is 5.91 Å². The maximum Gasteiger partial charge on any atom is 0.325 e. The molecule has 0 aromatic heterocycles. The molecule has 4 amide bonds. The van der Waals surface area contributed by atoms with Crippen LogP contribution in [0.25, 0.3) is 0 Å². The Labute approximate surface area is 131 Å². The molecular formula is C16H25N3O3. The van der Waals surface area contributed by atoms with E-state index in [1.165, 1.54) is 25.7 Å². The molecular weight excluding hydrogens is 282 g/mol. The van der Waals surface area contributed by atoms with Gasteiger partial charge in [-0.25, -0.2) is 4.79 Å². The van der Waals surface area contributed by atoms with Gasteiger partial charge in [0.15, 0.2) is 0 Å². The molecule has 3 fully saturated rings. The molecule has 4 atom stereocenters. The summed E-state index contributed by atoms with van der Waals surface area (Å²) in [6.45, 7) is 5.13. The molecule has 1 saturated heterocycles. The van der Waals surface area contributed by atoms with Gasteiger partial charge in [0.1, 0.15) is 12.1 Å². The van der Waals surface area contributed by atoms with Crippen LogP contribution in [-0.4, -0.2) is 40.9 Å². The quantitative estimate of drug-likeness (QED) is 0.767. The van der Waals surface area contributed by atoms with Crippen LogP contribution in [0.1, 0.15) is 46.5 Å². The molecule has 2 N–H and O–H groups in total. The molecule has 2 bridgehead atoms. The van der Waals surface area contributed by atoms with Gasteiger partial charge in [-0.15, -0.1) is 0 Å². The van der Waals surface area contributed by atoms with Gasteiger partial charge < -0.3 is 10.6 Å². The first-order chi connectivity index (χ1) is 10.3. The molecule has 122 valence electrons. The zero-order valence-electron chi connectivity index (χ0n) is 13.5. The van der Waals surface area contributed by atoms with E-state index in [9.17, 15) is 14.4 Å². The van der Waals surface area contributed by atoms with Gasteiger partial charge in [-0.1, -0.05) is 6.42 Å². The van der Waals surface area contributed by atoms with E-state index in [2.05, 4.69) is 10.6 Å². The molecule has 4 unspecified atom stereocenters. The first kappa shape index (κ1) is 15.3. The van der Waals surface area contributed by atoms with Gasteiger partial charge >= 0.3 is 6.03 Å². The fourth-order valence-electron chi connectivity index (χ4n) is 4.42. The minimum Gasteiger partial charge on any atom is -0.352 e. The molecule has 0 aromatic carbocycles. The average molecular weight is 307 g/mol. The van der Waals surface area contributed by atoms with E-state index < -0.39 is 11.6 Å². The van der Waals surface area contributed by atoms with E-state index in [0.29, 0.717) is 5.92 Å². The van der Waals surface area contributed by atoms with Crippen molar-refractivity contribution >= 4 is 17.8 Å². The number of fused-ring (bicyclic) bond motifs is 2. The number of urea groups is 1. The number of nitrogens with one attached hydrogen (secondary N) is 2. The van der Waals surface area contributed by atoms with Crippen LogP contribution in [0.3, 0.4) is 0 Å². The Morgan fingerprint density at radius 1 is 1.36 bits per heavy atom. The van der Waals surface area contributed by atoms with E-state index in [1.807, 2.05) is 6.92 Å². The zero-order chi connectivity index (χ0) is 16.1. The summed E-state index contributed by atoms with van der Waals surface area (Å²) in [4.78, 5) is 37.1. The smallest absolute Gasteiger partial charge is 0.325 e. The molecule has 3 rings (SSSR count). The predicted octanol–water partition coefficient (Wildman–Crippen LogP) is 1.26. The van der Waals surface area contributed by atoms with Crippen molar-refractivity contribution in [3.63, 3.8) is 0 Å². The van der Waals surface area contributed by atoms with E-state index in [-0.39, 0.29) is 24.4 Å². The van der Waals surface area contributed by atoms with Crippen LogP contribution in [0.5, 0.6) is 0 Å². The third kappa shape index (κ3) is 2.59. The number of carbonyl (C=O) groups excluding carboxylic acids is 3. The summed E-state index contributed by atoms with van der Waals surface area (Å²) in [6.07, 6.45) is 5.10. The first-order valence-corrected chi connectivity index (χ1v) is 8.21. The first-order valence-electron chi connectivity index (χ1n) is 8.21. The zero-order valence-corrected chi connectivity index (χ0v) is 13.5. The fourth-order valence-corrected chi connectivity index (χ4v) is 4.42. The highest BCUT2D eigenvalue weighted by Crippen LogP contribution is 2.49. The summed E-state index contributed by atoms with van der Waals surface area (Å²) >= 11 is 0. The lowest BCUT2D eigenvalue weighted by Gasteiger charge is -2.29. The van der Waals surface area contributed by atoms with Crippen LogP contribution in [0.15, 0.2) is 0 Å². The second kappa shape index (κ2) is 5.25. The van der Waals surface area contributed by atoms with Gasteiger partial charge in [-0.05, 0) is 57.8 Å². The van der Waals surface area contributed by atoms with Crippen LogP contribution < -0.4 is 10.6 Å². The molecule has 22 heavy (non-hydrogen) atoms. The maximum atomic E-state index is 12.2. The minimum atomic E-state index is -0.923. The van der Waals surface area contributed by atoms with Crippen LogP contribution in [0, 0.1) is 17.8 Å². The highest BCUT2D eigenvalue weighted by atomic mass is 16.2. The Bertz CT molecular complexity index is 517. The third-order valence-corrected chi connectivity index (χ3v) is 5.57. The third-order valence-electron chi connectivity index (χ3n) is 5.57. The van der Waals surface area contributed by atoms with E-state index in [0.717, 1.165) is 16.7 Å². The Kier molecular flexibility index (Phi) is 3.65. The highest BCUT2D eigenvalue weighted by Gasteiger charge is 2.45. The number of rotatable bonds is 4. The Morgan fingerprint density at radius 3 is 2.59 bits per heavy atom. The monoisotopic (exact) mass is 307 g/mol. The van der Waals surface area contributed by atoms with Gasteiger partial charge in [-0.3, -0.25) is 14.5 Å². The van der Waals surface area contributed by atoms with E-state index in [1.54, 1.807) is 13.8 Å². The lowest BCUT2D eigenvalue weighted by Crippen LogP contribution is -2.47. The van der Waals surface area contributed by atoms with Gasteiger partial charge in [-0.2, -0.15) is 0 Å². The van der Waals surface area contributed by atoms with Gasteiger partial charge in [0.05, 0.1) is 0 Å². The van der Waals surface area contributed by atoms with Crippen molar-refractivity contribution < 1.29 is 14.4 Å². The molecule has 3 aliphatic rings. The van der Waals surface area contributed by atoms with Crippen molar-refractivity contribution in [3.8, 4) is 0 Å². The topological polar surface area (TPSA) is 78.5 Å². The number of amides is 4. The molecule has 6 nitrogen and oxygen atoms in total. The molecule has 6 heteroatoms.